The second kappa shape index (κ2) is 8.26. The summed E-state index contributed by atoms with van der Waals surface area (Å²) in [6, 6.07) is 0. The van der Waals surface area contributed by atoms with Gasteiger partial charge in [0, 0.05) is 22.2 Å². The molecule has 5 unspecified atom stereocenters. The molecule has 3 radical (unpaired) electrons. The third-order valence-corrected chi connectivity index (χ3v) is 11.9. The molecule has 3 nitrogen and oxygen atoms in total. The maximum Gasteiger partial charge on any atom is 0.171 e. The van der Waals surface area contributed by atoms with E-state index in [0.29, 0.717) is 34.7 Å². The highest BCUT2D eigenvalue weighted by molar-refractivity contribution is 5.75. The Morgan fingerprint density at radius 2 is 1.62 bits per heavy atom. The Morgan fingerprint density at radius 1 is 0.875 bits per heavy atom. The van der Waals surface area contributed by atoms with Crippen LogP contribution >= 0.6 is 0 Å². The van der Waals surface area contributed by atoms with Gasteiger partial charge in [-0.25, -0.2) is 0 Å². The molecule has 2 aliphatic heterocycles. The van der Waals surface area contributed by atoms with Crippen LogP contribution in [0.25, 0.3) is 0 Å². The van der Waals surface area contributed by atoms with E-state index in [1.54, 1.807) is 0 Å². The van der Waals surface area contributed by atoms with Crippen LogP contribution < -0.4 is 0 Å². The Hall–Kier alpha value is -0.0551. The van der Waals surface area contributed by atoms with Gasteiger partial charge in [0.05, 0.1) is 18.8 Å². The zero-order valence-electron chi connectivity index (χ0n) is 20.3. The second-order valence-corrected chi connectivity index (χ2v) is 13.1. The van der Waals surface area contributed by atoms with Crippen LogP contribution in [0.15, 0.2) is 0 Å². The lowest BCUT2D eigenvalue weighted by Crippen LogP contribution is -2.55. The maximum atomic E-state index is 10.3. The lowest BCUT2D eigenvalue weighted by atomic mass is 9.44. The molecule has 1 spiro atoms. The van der Waals surface area contributed by atoms with Gasteiger partial charge in [0.1, 0.15) is 0 Å². The lowest BCUT2D eigenvalue weighted by Gasteiger charge is -2.61. The summed E-state index contributed by atoms with van der Waals surface area (Å²) in [5.41, 5.74) is 0.899. The first-order chi connectivity index (χ1) is 14.3. The number of aliphatic hydroxyl groups excluding tert-OH is 1. The molecule has 32 heavy (non-hydrogen) atoms. The Bertz CT molecular complexity index is 697. The SMILES string of the molecule is C.CC1CC[C@@]2(OC1)O[C@H]1CC3C4CC[C@@H]5C[C@@H](O)CC[C@]5(C)C4CC[C@]3(C)C1[C@@H]2C.[2HH].[B]. The quantitative estimate of drug-likeness (QED) is 0.444. The number of aliphatic hydroxyl groups is 1. The smallest absolute Gasteiger partial charge is 0.171 e. The highest BCUT2D eigenvalue weighted by Crippen LogP contribution is 2.71. The fraction of sp³-hybridized carbons (Fsp3) is 1.00. The van der Waals surface area contributed by atoms with Crippen molar-refractivity contribution >= 4 is 8.41 Å². The molecule has 4 heteroatoms. The van der Waals surface area contributed by atoms with Gasteiger partial charge in [-0.2, -0.15) is 0 Å². The maximum absolute atomic E-state index is 10.3. The van der Waals surface area contributed by atoms with E-state index in [0.717, 1.165) is 49.5 Å². The van der Waals surface area contributed by atoms with E-state index in [4.69, 9.17) is 9.47 Å². The first-order valence-corrected chi connectivity index (χ1v) is 13.3. The van der Waals surface area contributed by atoms with Crippen LogP contribution in [0, 0.1) is 52.3 Å². The summed E-state index contributed by atoms with van der Waals surface area (Å²) in [6.07, 6.45) is 12.9. The summed E-state index contributed by atoms with van der Waals surface area (Å²) in [5, 5.41) is 10.3. The van der Waals surface area contributed by atoms with E-state index in [1.165, 1.54) is 44.9 Å². The summed E-state index contributed by atoms with van der Waals surface area (Å²) in [7, 11) is 0. The number of hydrogen-bond donors (Lipinski definition) is 1. The van der Waals surface area contributed by atoms with E-state index < -0.39 is 0 Å². The number of rotatable bonds is 0. The van der Waals surface area contributed by atoms with Crippen LogP contribution in [0.1, 0.15) is 101 Å². The minimum Gasteiger partial charge on any atom is -0.393 e. The second-order valence-electron chi connectivity index (χ2n) is 13.1. The lowest BCUT2D eigenvalue weighted by molar-refractivity contribution is -0.273. The molecule has 6 aliphatic rings. The van der Waals surface area contributed by atoms with Crippen molar-refractivity contribution < 1.29 is 16.0 Å². The van der Waals surface area contributed by atoms with Crippen LogP contribution in [0.4, 0.5) is 0 Å². The summed E-state index contributed by atoms with van der Waals surface area (Å²) < 4.78 is 13.4. The Morgan fingerprint density at radius 3 is 2.34 bits per heavy atom. The Kier molecular flexibility index (Phi) is 6.47. The molecule has 0 aromatic heterocycles. The first kappa shape index (κ1) is 25.1. The van der Waals surface area contributed by atoms with Gasteiger partial charge in [0.2, 0.25) is 0 Å². The van der Waals surface area contributed by atoms with E-state index >= 15 is 0 Å². The Labute approximate surface area is 200 Å². The van der Waals surface area contributed by atoms with Crippen molar-refractivity contribution in [3.63, 3.8) is 0 Å². The highest BCUT2D eigenvalue weighted by atomic mass is 16.7. The van der Waals surface area contributed by atoms with E-state index in [2.05, 4.69) is 27.7 Å². The van der Waals surface area contributed by atoms with Crippen molar-refractivity contribution in [2.45, 2.75) is 117 Å². The molecule has 6 fully saturated rings. The molecule has 4 aliphatic carbocycles. The zero-order valence-corrected chi connectivity index (χ0v) is 20.3. The standard InChI is InChI=1S/C27H44O3.CH4.B.H2/c1-16-7-12-27(29-15-16)17(2)24-23(30-27)14-22-20-6-5-18-13-19(28)8-10-25(18,3)21(20)9-11-26(22,24)4;;;/h16-24,28H,5-15H2,1-4H3;1H4;;1H/t16?,17-,18+,19-,20?,21?,22?,23-,24?,25-,26-,27+;;;/m0.../s1/i;;;1+1. The fourth-order valence-electron chi connectivity index (χ4n) is 10.3. The summed E-state index contributed by atoms with van der Waals surface area (Å²) in [4.78, 5) is 0. The Balaban J connectivity index is 0.00000102. The van der Waals surface area contributed by atoms with E-state index in [-0.39, 0.29) is 29.2 Å². The number of ether oxygens (including phenoxy) is 2. The monoisotopic (exact) mass is 446 g/mol. The van der Waals surface area contributed by atoms with Crippen molar-refractivity contribution in [2.75, 3.05) is 6.61 Å². The van der Waals surface area contributed by atoms with E-state index in [1.807, 2.05) is 0 Å². The average Bonchev–Trinajstić information content (AvgIpc) is 3.16. The van der Waals surface area contributed by atoms with Crippen LogP contribution in [-0.2, 0) is 9.47 Å². The molecule has 2 saturated heterocycles. The molecule has 12 atom stereocenters. The highest BCUT2D eigenvalue weighted by Gasteiger charge is 2.69. The van der Waals surface area contributed by atoms with Crippen molar-refractivity contribution in [3.8, 4) is 0 Å². The largest absolute Gasteiger partial charge is 0.393 e. The minimum absolute atomic E-state index is 0. The molecule has 2 heterocycles. The van der Waals surface area contributed by atoms with Crippen molar-refractivity contribution in [1.82, 2.24) is 0 Å². The molecule has 183 valence electrons. The van der Waals surface area contributed by atoms with Crippen molar-refractivity contribution in [1.29, 1.82) is 0 Å². The van der Waals surface area contributed by atoms with Crippen LogP contribution in [-0.4, -0.2) is 38.1 Å². The molecule has 1 N–H and O–H groups in total. The minimum atomic E-state index is -0.282. The van der Waals surface area contributed by atoms with Crippen LogP contribution in [0.2, 0.25) is 0 Å². The van der Waals surface area contributed by atoms with Crippen LogP contribution in [0.5, 0.6) is 0 Å². The van der Waals surface area contributed by atoms with Gasteiger partial charge in [-0.3, -0.25) is 0 Å². The van der Waals surface area contributed by atoms with Gasteiger partial charge >= 0.3 is 0 Å². The molecule has 0 bridgehead atoms. The van der Waals surface area contributed by atoms with Gasteiger partial charge < -0.3 is 14.6 Å². The van der Waals surface area contributed by atoms with Gasteiger partial charge in [-0.15, -0.1) is 0 Å². The van der Waals surface area contributed by atoms with Gasteiger partial charge in [0.25, 0.3) is 0 Å². The number of fused-ring (bicyclic) bond motifs is 7. The fourth-order valence-corrected chi connectivity index (χ4v) is 10.3. The predicted octanol–water partition coefficient (Wildman–Crippen LogP) is 6.30. The van der Waals surface area contributed by atoms with Crippen molar-refractivity contribution in [2.24, 2.45) is 52.3 Å². The van der Waals surface area contributed by atoms with E-state index in [9.17, 15) is 5.11 Å². The normalized spacial score (nSPS) is 58.6. The van der Waals surface area contributed by atoms with Crippen molar-refractivity contribution in [3.05, 3.63) is 0 Å². The summed E-state index contributed by atoms with van der Waals surface area (Å²) in [5.74, 6) is 4.93. The van der Waals surface area contributed by atoms with Crippen LogP contribution in [0.3, 0.4) is 0 Å². The third-order valence-electron chi connectivity index (χ3n) is 11.9. The molecule has 6 rings (SSSR count). The summed E-state index contributed by atoms with van der Waals surface area (Å²) in [6.45, 7) is 10.9. The molecule has 0 aromatic rings. The van der Waals surface area contributed by atoms with Gasteiger partial charge in [-0.1, -0.05) is 35.1 Å². The predicted molar refractivity (Wildman–Crippen MR) is 132 cm³/mol. The molecular formula is C28H50BO3. The molecule has 0 aromatic carbocycles. The average molecular weight is 447 g/mol. The zero-order chi connectivity index (χ0) is 20.9. The molecule has 4 saturated carbocycles. The number of hydrogen-bond acceptors (Lipinski definition) is 3. The molecular weight excluding hydrogens is 395 g/mol. The third kappa shape index (κ3) is 3.24. The topological polar surface area (TPSA) is 38.7 Å². The van der Waals surface area contributed by atoms with Gasteiger partial charge in [0.15, 0.2) is 5.79 Å². The summed E-state index contributed by atoms with van der Waals surface area (Å²) >= 11 is 0. The molecule has 0 amide bonds. The first-order valence-electron chi connectivity index (χ1n) is 13.3. The van der Waals surface area contributed by atoms with Gasteiger partial charge in [-0.05, 0) is 104 Å².